The van der Waals surface area contributed by atoms with Crippen LogP contribution in [0.15, 0.2) is 29.3 Å². The topological polar surface area (TPSA) is 173 Å². The van der Waals surface area contributed by atoms with E-state index < -0.39 is 23.1 Å². The first-order chi connectivity index (χ1) is 20.6. The van der Waals surface area contributed by atoms with Crippen LogP contribution in [-0.2, 0) is 20.7 Å². The zero-order chi connectivity index (χ0) is 32.3. The van der Waals surface area contributed by atoms with Gasteiger partial charge in [-0.2, -0.15) is 0 Å². The van der Waals surface area contributed by atoms with Crippen LogP contribution in [-0.4, -0.2) is 82.0 Å². The Morgan fingerprint density at radius 3 is 2.36 bits per heavy atom. The Labute approximate surface area is 262 Å². The van der Waals surface area contributed by atoms with E-state index in [9.17, 15) is 14.4 Å². The molecule has 1 spiro atoms. The lowest BCUT2D eigenvalue weighted by Gasteiger charge is -2.39. The second-order valence-electron chi connectivity index (χ2n) is 12.5. The number of anilines is 2. The quantitative estimate of drug-likeness (QED) is 0.318. The summed E-state index contributed by atoms with van der Waals surface area (Å²) in [6, 6.07) is 7.40. The van der Waals surface area contributed by atoms with Crippen molar-refractivity contribution >= 4 is 47.0 Å². The summed E-state index contributed by atoms with van der Waals surface area (Å²) >= 11 is 5.97. The van der Waals surface area contributed by atoms with Gasteiger partial charge in [-0.3, -0.25) is 19.9 Å². The molecule has 0 unspecified atom stereocenters. The third-order valence-electron chi connectivity index (χ3n) is 7.37. The molecule has 44 heavy (non-hydrogen) atoms. The highest BCUT2D eigenvalue weighted by Gasteiger charge is 2.40. The molecule has 0 radical (unpaired) electrons. The number of ether oxygens (including phenoxy) is 2. The number of carbonyl (C=O) groups is 3. The first-order valence-corrected chi connectivity index (χ1v) is 14.9. The summed E-state index contributed by atoms with van der Waals surface area (Å²) in [6.45, 7) is 10.4. The van der Waals surface area contributed by atoms with Gasteiger partial charge in [0.25, 0.3) is 5.91 Å². The normalized spacial score (nSPS) is 16.2. The van der Waals surface area contributed by atoms with Crippen LogP contribution < -0.4 is 26.4 Å². The average Bonchev–Trinajstić information content (AvgIpc) is 3.34. The van der Waals surface area contributed by atoms with Crippen molar-refractivity contribution in [2.45, 2.75) is 77.0 Å². The molecule has 2 aliphatic heterocycles. The van der Waals surface area contributed by atoms with Crippen molar-refractivity contribution in [3.05, 3.63) is 40.7 Å². The van der Waals surface area contributed by atoms with Crippen molar-refractivity contribution in [2.75, 3.05) is 37.7 Å². The predicted molar refractivity (Wildman–Crippen MR) is 168 cm³/mol. The smallest absolute Gasteiger partial charge is 0.350 e. The molecule has 5 N–H and O–H groups in total. The van der Waals surface area contributed by atoms with Crippen molar-refractivity contribution < 1.29 is 23.9 Å². The van der Waals surface area contributed by atoms with Gasteiger partial charge < -0.3 is 30.7 Å². The molecule has 238 valence electrons. The molecule has 2 amide bonds. The molecular formula is C30H41ClN8O5. The number of hydrogen-bond donors (Lipinski definition) is 4. The van der Waals surface area contributed by atoms with Gasteiger partial charge in [-0.15, -0.1) is 0 Å². The minimum absolute atomic E-state index is 0.00405. The van der Waals surface area contributed by atoms with Crippen molar-refractivity contribution in [3.63, 3.8) is 0 Å². The van der Waals surface area contributed by atoms with E-state index >= 15 is 0 Å². The highest BCUT2D eigenvalue weighted by Crippen LogP contribution is 2.27. The summed E-state index contributed by atoms with van der Waals surface area (Å²) in [6.07, 6.45) is 2.34. The summed E-state index contributed by atoms with van der Waals surface area (Å²) in [7, 11) is 1.60. The Balaban J connectivity index is 1.22. The molecule has 1 aromatic heterocycles. The fourth-order valence-corrected chi connectivity index (χ4v) is 5.02. The summed E-state index contributed by atoms with van der Waals surface area (Å²) in [5.74, 6) is 0.233. The number of nitrogens with one attached hydrogen (secondary N) is 3. The predicted octanol–water partition coefficient (Wildman–Crippen LogP) is 2.94. The molecule has 1 aromatic carbocycles. The Morgan fingerprint density at radius 2 is 1.75 bits per heavy atom. The van der Waals surface area contributed by atoms with Gasteiger partial charge in [0.1, 0.15) is 11.4 Å². The number of esters is 1. The number of piperidine rings is 1. The molecule has 0 bridgehead atoms. The van der Waals surface area contributed by atoms with E-state index in [0.29, 0.717) is 57.0 Å². The van der Waals surface area contributed by atoms with Crippen LogP contribution in [0.2, 0.25) is 5.15 Å². The van der Waals surface area contributed by atoms with Crippen molar-refractivity contribution in [2.24, 2.45) is 4.99 Å². The zero-order valence-corrected chi connectivity index (χ0v) is 26.8. The van der Waals surface area contributed by atoms with E-state index in [-0.39, 0.29) is 33.9 Å². The molecule has 14 heteroatoms. The van der Waals surface area contributed by atoms with Gasteiger partial charge in [-0.05, 0) is 71.6 Å². The van der Waals surface area contributed by atoms with Crippen LogP contribution in [0, 0.1) is 0 Å². The van der Waals surface area contributed by atoms with Crippen LogP contribution >= 0.6 is 11.6 Å². The minimum Gasteiger partial charge on any atom is -0.476 e. The molecule has 1 saturated heterocycles. The van der Waals surface area contributed by atoms with Crippen LogP contribution in [0.1, 0.15) is 69.9 Å². The molecular weight excluding hydrogens is 588 g/mol. The minimum atomic E-state index is -1.14. The van der Waals surface area contributed by atoms with E-state index in [0.717, 1.165) is 5.56 Å². The average molecular weight is 629 g/mol. The van der Waals surface area contributed by atoms with Crippen molar-refractivity contribution in [3.8, 4) is 5.75 Å². The van der Waals surface area contributed by atoms with E-state index in [2.05, 4.69) is 30.9 Å². The van der Waals surface area contributed by atoms with Crippen LogP contribution in [0.25, 0.3) is 0 Å². The maximum absolute atomic E-state index is 13.0. The SMILES string of the molecule is CNc1nc(N)c(Cl)nc1C(=O)NC1=NCC2(CCN(C(=O)CCc3ccc(OC(C)(C)C(=O)OC(C)(C)C)cc3)CC2)N1. The van der Waals surface area contributed by atoms with Gasteiger partial charge >= 0.3 is 5.97 Å². The fraction of sp³-hybridized carbons (Fsp3) is 0.533. The molecule has 2 aromatic rings. The largest absolute Gasteiger partial charge is 0.476 e. The van der Waals surface area contributed by atoms with Crippen LogP contribution in [0.5, 0.6) is 5.75 Å². The molecule has 0 aliphatic carbocycles. The number of rotatable bonds is 8. The lowest BCUT2D eigenvalue weighted by molar-refractivity contribution is -0.170. The van der Waals surface area contributed by atoms with Crippen LogP contribution in [0.4, 0.5) is 11.6 Å². The zero-order valence-electron chi connectivity index (χ0n) is 26.0. The second-order valence-corrected chi connectivity index (χ2v) is 12.9. The van der Waals surface area contributed by atoms with Gasteiger partial charge in [0, 0.05) is 26.6 Å². The van der Waals surface area contributed by atoms with Gasteiger partial charge in [0.15, 0.2) is 34.0 Å². The number of guanidine groups is 1. The number of halogens is 1. The van der Waals surface area contributed by atoms with E-state index in [1.54, 1.807) is 33.0 Å². The second kappa shape index (κ2) is 12.8. The van der Waals surface area contributed by atoms with Gasteiger partial charge in [-0.1, -0.05) is 23.7 Å². The number of aliphatic imine (C=N–C) groups is 1. The summed E-state index contributed by atoms with van der Waals surface area (Å²) < 4.78 is 11.4. The molecule has 2 aliphatic rings. The van der Waals surface area contributed by atoms with E-state index in [1.807, 2.05) is 37.8 Å². The lowest BCUT2D eigenvalue weighted by Crippen LogP contribution is -2.57. The highest BCUT2D eigenvalue weighted by atomic mass is 35.5. The first-order valence-electron chi connectivity index (χ1n) is 14.5. The number of nitrogens with two attached hydrogens (primary N) is 1. The maximum Gasteiger partial charge on any atom is 0.350 e. The third-order valence-corrected chi connectivity index (χ3v) is 7.65. The number of nitrogens with zero attached hydrogens (tertiary/aromatic N) is 4. The van der Waals surface area contributed by atoms with Gasteiger partial charge in [0.2, 0.25) is 5.91 Å². The van der Waals surface area contributed by atoms with Crippen molar-refractivity contribution in [1.82, 2.24) is 25.5 Å². The third kappa shape index (κ3) is 8.07. The molecule has 4 rings (SSSR count). The monoisotopic (exact) mass is 628 g/mol. The number of likely N-dealkylation sites (tertiary alicyclic amines) is 1. The summed E-state index contributed by atoms with van der Waals surface area (Å²) in [5, 5.41) is 8.81. The van der Waals surface area contributed by atoms with Crippen LogP contribution in [0.3, 0.4) is 0 Å². The number of hydrogen-bond acceptors (Lipinski definition) is 11. The molecule has 0 saturated carbocycles. The molecule has 3 heterocycles. The summed E-state index contributed by atoms with van der Waals surface area (Å²) in [5.41, 5.74) is 4.61. The Hall–Kier alpha value is -4.13. The first kappa shape index (κ1) is 32.8. The number of aromatic nitrogens is 2. The van der Waals surface area contributed by atoms with Gasteiger partial charge in [0.05, 0.1) is 12.1 Å². The number of amides is 2. The number of nitrogen functional groups attached to an aromatic ring is 1. The molecule has 1 fully saturated rings. The van der Waals surface area contributed by atoms with E-state index in [4.69, 9.17) is 26.8 Å². The number of benzene rings is 1. The highest BCUT2D eigenvalue weighted by molar-refractivity contribution is 6.31. The standard InChI is InChI=1S/C30H41ClN8O5/c1-28(2,3)44-26(42)29(4,5)43-19-10-7-18(8-11-19)9-12-20(40)39-15-13-30(14-16-39)17-34-27(38-30)37-25(41)21-24(33-6)36-23(32)22(31)35-21/h7-8,10-11H,9,12-17H2,1-6H3,(H3,32,33,36)(H2,34,37,38,41). The Bertz CT molecular complexity index is 1430. The van der Waals surface area contributed by atoms with Gasteiger partial charge in [-0.25, -0.2) is 14.8 Å². The Morgan fingerprint density at radius 1 is 1.09 bits per heavy atom. The lowest BCUT2D eigenvalue weighted by atomic mass is 9.88. The van der Waals surface area contributed by atoms with E-state index in [1.165, 1.54) is 0 Å². The maximum atomic E-state index is 13.0. The number of aryl methyl sites for hydroxylation is 1. The molecule has 13 nitrogen and oxygen atoms in total. The molecule has 0 atom stereocenters. The Kier molecular flexibility index (Phi) is 9.57. The fourth-order valence-electron chi connectivity index (χ4n) is 4.90. The van der Waals surface area contributed by atoms with Crippen molar-refractivity contribution in [1.29, 1.82) is 0 Å². The summed E-state index contributed by atoms with van der Waals surface area (Å²) in [4.78, 5) is 52.8. The number of carbonyl (C=O) groups excluding carboxylic acids is 3.